The summed E-state index contributed by atoms with van der Waals surface area (Å²) >= 11 is 2.68. The number of nitrogens with zero attached hydrogens (tertiary/aromatic N) is 3. The normalized spacial score (nSPS) is 19.1. The molecule has 180 valence electrons. The molecule has 1 aliphatic heterocycles. The molecule has 1 aromatic heterocycles. The predicted octanol–water partition coefficient (Wildman–Crippen LogP) is 4.89. The molecule has 3 aromatic rings. The van der Waals surface area contributed by atoms with Crippen LogP contribution in [0.4, 0.5) is 9.52 Å². The summed E-state index contributed by atoms with van der Waals surface area (Å²) in [5.41, 5.74) is 1.28. The molecule has 2 heterocycles. The zero-order valence-corrected chi connectivity index (χ0v) is 21.2. The number of sulfonamides is 1. The average Bonchev–Trinajstić information content (AvgIpc) is 3.25. The first-order valence-corrected chi connectivity index (χ1v) is 14.1. The Morgan fingerprint density at radius 2 is 1.74 bits per heavy atom. The molecule has 1 fully saturated rings. The summed E-state index contributed by atoms with van der Waals surface area (Å²) < 4.78 is 41.3. The maximum absolute atomic E-state index is 13.0. The van der Waals surface area contributed by atoms with E-state index in [1.54, 1.807) is 12.1 Å². The van der Waals surface area contributed by atoms with Crippen LogP contribution >= 0.6 is 23.1 Å². The van der Waals surface area contributed by atoms with Gasteiger partial charge in [-0.3, -0.25) is 10.1 Å². The second-order valence-electron chi connectivity index (χ2n) is 8.53. The second-order valence-corrected chi connectivity index (χ2v) is 12.7. The molecule has 0 bridgehead atoms. The Kier molecular flexibility index (Phi) is 7.66. The molecule has 0 spiro atoms. The molecule has 1 saturated heterocycles. The third kappa shape index (κ3) is 6.01. The molecule has 1 N–H and O–H groups in total. The Balaban J connectivity index is 1.36. The number of halogens is 1. The van der Waals surface area contributed by atoms with Crippen molar-refractivity contribution in [3.8, 4) is 0 Å². The molecule has 7 nitrogen and oxygen atoms in total. The summed E-state index contributed by atoms with van der Waals surface area (Å²) in [6.07, 6.45) is 1.02. The van der Waals surface area contributed by atoms with Gasteiger partial charge in [-0.2, -0.15) is 4.31 Å². The van der Waals surface area contributed by atoms with Crippen LogP contribution in [0, 0.1) is 17.7 Å². The van der Waals surface area contributed by atoms with Crippen LogP contribution in [0.1, 0.15) is 36.2 Å². The lowest BCUT2D eigenvalue weighted by atomic mass is 9.94. The third-order valence-corrected chi connectivity index (χ3v) is 9.38. The molecular formula is C23H25FN4O3S3. The summed E-state index contributed by atoms with van der Waals surface area (Å²) in [4.78, 5) is 12.8. The van der Waals surface area contributed by atoms with E-state index in [9.17, 15) is 17.6 Å². The maximum Gasteiger partial charge on any atom is 0.257 e. The largest absolute Gasteiger partial charge is 0.296 e. The van der Waals surface area contributed by atoms with Gasteiger partial charge in [-0.25, -0.2) is 12.8 Å². The summed E-state index contributed by atoms with van der Waals surface area (Å²) in [7, 11) is -3.60. The lowest BCUT2D eigenvalue weighted by molar-refractivity contribution is 0.102. The number of benzene rings is 2. The van der Waals surface area contributed by atoms with E-state index in [-0.39, 0.29) is 10.7 Å². The molecular weight excluding hydrogens is 495 g/mol. The molecule has 11 heteroatoms. The van der Waals surface area contributed by atoms with Crippen molar-refractivity contribution in [3.63, 3.8) is 0 Å². The Hall–Kier alpha value is -2.34. The van der Waals surface area contributed by atoms with E-state index < -0.39 is 15.9 Å². The van der Waals surface area contributed by atoms with Gasteiger partial charge in [0.25, 0.3) is 5.91 Å². The van der Waals surface area contributed by atoms with Crippen molar-refractivity contribution in [3.05, 3.63) is 65.5 Å². The smallest absolute Gasteiger partial charge is 0.257 e. The average molecular weight is 521 g/mol. The number of nitrogens with one attached hydrogen (secondary N) is 1. The first-order valence-electron chi connectivity index (χ1n) is 10.8. The van der Waals surface area contributed by atoms with Crippen LogP contribution in [0.3, 0.4) is 0 Å². The van der Waals surface area contributed by atoms with Crippen LogP contribution in [0.25, 0.3) is 0 Å². The number of thioether (sulfide) groups is 1. The van der Waals surface area contributed by atoms with Gasteiger partial charge in [0.15, 0.2) is 4.34 Å². The SMILES string of the molecule is CC1CC(C)CN(S(=O)(=O)c2ccc(C(=O)Nc3nnc(SCc4ccc(F)cc4)s3)cc2)C1. The summed E-state index contributed by atoms with van der Waals surface area (Å²) in [6, 6.07) is 12.2. The first-order chi connectivity index (χ1) is 16.2. The number of anilines is 1. The van der Waals surface area contributed by atoms with Crippen LogP contribution in [0.2, 0.25) is 0 Å². The Morgan fingerprint density at radius 1 is 1.09 bits per heavy atom. The van der Waals surface area contributed by atoms with Crippen LogP contribution in [-0.2, 0) is 15.8 Å². The van der Waals surface area contributed by atoms with Gasteiger partial charge >= 0.3 is 0 Å². The van der Waals surface area contributed by atoms with Crippen molar-refractivity contribution < 1.29 is 17.6 Å². The van der Waals surface area contributed by atoms with Gasteiger partial charge < -0.3 is 0 Å². The molecule has 0 radical (unpaired) electrons. The van der Waals surface area contributed by atoms with E-state index in [0.717, 1.165) is 12.0 Å². The van der Waals surface area contributed by atoms with E-state index in [1.807, 2.05) is 0 Å². The molecule has 2 aromatic carbocycles. The minimum absolute atomic E-state index is 0.181. The molecule has 0 aliphatic carbocycles. The van der Waals surface area contributed by atoms with E-state index in [0.29, 0.717) is 45.7 Å². The lowest BCUT2D eigenvalue weighted by Crippen LogP contribution is -2.42. The fourth-order valence-electron chi connectivity index (χ4n) is 3.94. The minimum Gasteiger partial charge on any atom is -0.296 e. The van der Waals surface area contributed by atoms with Gasteiger partial charge in [-0.05, 0) is 60.2 Å². The number of carbonyl (C=O) groups excluding carboxylic acids is 1. The molecule has 2 unspecified atom stereocenters. The van der Waals surface area contributed by atoms with Gasteiger partial charge in [0.1, 0.15) is 5.82 Å². The van der Waals surface area contributed by atoms with Gasteiger partial charge in [-0.1, -0.05) is 49.1 Å². The van der Waals surface area contributed by atoms with E-state index in [2.05, 4.69) is 29.4 Å². The van der Waals surface area contributed by atoms with Crippen molar-refractivity contribution >= 4 is 44.2 Å². The third-order valence-electron chi connectivity index (χ3n) is 5.49. The monoisotopic (exact) mass is 520 g/mol. The molecule has 0 saturated carbocycles. The van der Waals surface area contributed by atoms with E-state index in [4.69, 9.17) is 0 Å². The van der Waals surface area contributed by atoms with E-state index in [1.165, 1.54) is 63.8 Å². The highest BCUT2D eigenvalue weighted by molar-refractivity contribution is 8.00. The number of amides is 1. The van der Waals surface area contributed by atoms with Crippen molar-refractivity contribution in [2.24, 2.45) is 11.8 Å². The van der Waals surface area contributed by atoms with Gasteiger partial charge in [0, 0.05) is 24.4 Å². The fourth-order valence-corrected chi connectivity index (χ4v) is 7.33. The maximum atomic E-state index is 13.0. The zero-order valence-electron chi connectivity index (χ0n) is 18.8. The van der Waals surface area contributed by atoms with Crippen molar-refractivity contribution in [1.82, 2.24) is 14.5 Å². The number of hydrogen-bond donors (Lipinski definition) is 1. The molecule has 2 atom stereocenters. The predicted molar refractivity (Wildman–Crippen MR) is 132 cm³/mol. The topological polar surface area (TPSA) is 92.3 Å². The number of rotatable bonds is 7. The van der Waals surface area contributed by atoms with Gasteiger partial charge in [0.2, 0.25) is 15.2 Å². The molecule has 34 heavy (non-hydrogen) atoms. The Labute approximate surface area is 206 Å². The Morgan fingerprint density at radius 3 is 2.38 bits per heavy atom. The fraction of sp³-hybridized carbons (Fsp3) is 0.348. The van der Waals surface area contributed by atoms with Crippen LogP contribution in [-0.4, -0.2) is 41.9 Å². The standard InChI is InChI=1S/C23H25FN4O3S3/c1-15-11-16(2)13-28(12-15)34(30,31)20-9-5-18(6-10-20)21(29)25-22-26-27-23(33-22)32-14-17-3-7-19(24)8-4-17/h3-10,15-16H,11-14H2,1-2H3,(H,25,26,29). The first kappa shape index (κ1) is 24.8. The molecule has 1 aliphatic rings. The number of piperidine rings is 1. The highest BCUT2D eigenvalue weighted by Crippen LogP contribution is 2.29. The highest BCUT2D eigenvalue weighted by Gasteiger charge is 2.31. The highest BCUT2D eigenvalue weighted by atomic mass is 32.2. The van der Waals surface area contributed by atoms with Crippen LogP contribution in [0.5, 0.6) is 0 Å². The summed E-state index contributed by atoms with van der Waals surface area (Å²) in [6.45, 7) is 5.14. The number of aromatic nitrogens is 2. The van der Waals surface area contributed by atoms with Crippen LogP contribution in [0.15, 0.2) is 57.8 Å². The Bertz CT molecular complexity index is 1240. The molecule has 4 rings (SSSR count). The summed E-state index contributed by atoms with van der Waals surface area (Å²) in [5.74, 6) is 0.558. The quantitative estimate of drug-likeness (QED) is 0.352. The van der Waals surface area contributed by atoms with Gasteiger partial charge in [0.05, 0.1) is 4.90 Å². The van der Waals surface area contributed by atoms with Crippen LogP contribution < -0.4 is 5.32 Å². The van der Waals surface area contributed by atoms with Crippen molar-refractivity contribution in [1.29, 1.82) is 0 Å². The minimum atomic E-state index is -3.60. The van der Waals surface area contributed by atoms with E-state index >= 15 is 0 Å². The van der Waals surface area contributed by atoms with Crippen molar-refractivity contribution in [2.45, 2.75) is 35.3 Å². The lowest BCUT2D eigenvalue weighted by Gasteiger charge is -2.34. The second kappa shape index (κ2) is 10.5. The zero-order chi connectivity index (χ0) is 24.3. The number of carbonyl (C=O) groups is 1. The molecule has 1 amide bonds. The summed E-state index contributed by atoms with van der Waals surface area (Å²) in [5, 5.41) is 11.1. The van der Waals surface area contributed by atoms with Gasteiger partial charge in [-0.15, -0.1) is 10.2 Å². The van der Waals surface area contributed by atoms with Crippen molar-refractivity contribution in [2.75, 3.05) is 18.4 Å². The number of hydrogen-bond acceptors (Lipinski definition) is 7.